The van der Waals surface area contributed by atoms with Crippen molar-refractivity contribution in [1.82, 2.24) is 14.9 Å². The fraction of sp³-hybridized carbons (Fsp3) is 0.526. The molecule has 0 aliphatic rings. The van der Waals surface area contributed by atoms with Crippen molar-refractivity contribution in [2.45, 2.75) is 53.0 Å². The van der Waals surface area contributed by atoms with Gasteiger partial charge in [-0.3, -0.25) is 9.59 Å². The van der Waals surface area contributed by atoms with Crippen LogP contribution in [0.5, 0.6) is 0 Å². The molecule has 0 saturated carbocycles. The highest BCUT2D eigenvalue weighted by Gasteiger charge is 2.17. The molecule has 1 amide bonds. The topological polar surface area (TPSA) is 66.1 Å². The second-order valence-electron chi connectivity index (χ2n) is 6.92. The molecule has 1 aromatic heterocycles. The number of amides is 1. The highest BCUT2D eigenvalue weighted by atomic mass is 16.2. The second kappa shape index (κ2) is 8.08. The molecule has 0 spiro atoms. The lowest BCUT2D eigenvalue weighted by Crippen LogP contribution is -2.39. The monoisotopic (exact) mass is 329 g/mol. The molecule has 130 valence electrons. The first-order chi connectivity index (χ1) is 11.4. The van der Waals surface area contributed by atoms with E-state index < -0.39 is 0 Å². The predicted octanol–water partition coefficient (Wildman–Crippen LogP) is 3.14. The van der Waals surface area contributed by atoms with Crippen LogP contribution in [0.3, 0.4) is 0 Å². The fourth-order valence-electron chi connectivity index (χ4n) is 2.80. The first-order valence-electron chi connectivity index (χ1n) is 8.66. The van der Waals surface area contributed by atoms with E-state index in [2.05, 4.69) is 23.8 Å². The molecule has 2 rings (SSSR count). The van der Waals surface area contributed by atoms with Gasteiger partial charge in [0.25, 0.3) is 5.56 Å². The summed E-state index contributed by atoms with van der Waals surface area (Å²) in [4.78, 5) is 33.7. The molecular formula is C19H27N3O2. The number of hydrogen-bond donors (Lipinski definition) is 1. The molecule has 1 aromatic carbocycles. The number of para-hydroxylation sites is 1. The quantitative estimate of drug-likeness (QED) is 0.848. The van der Waals surface area contributed by atoms with Crippen LogP contribution in [0.15, 0.2) is 29.1 Å². The molecule has 24 heavy (non-hydrogen) atoms. The van der Waals surface area contributed by atoms with Crippen LogP contribution in [0.25, 0.3) is 10.9 Å². The highest BCUT2D eigenvalue weighted by Crippen LogP contribution is 2.10. The molecule has 0 saturated heterocycles. The van der Waals surface area contributed by atoms with Gasteiger partial charge in [0.2, 0.25) is 5.91 Å². The van der Waals surface area contributed by atoms with Crippen molar-refractivity contribution >= 4 is 16.8 Å². The largest absolute Gasteiger partial charge is 0.340 e. The molecule has 0 atom stereocenters. The van der Waals surface area contributed by atoms with Crippen LogP contribution in [0.2, 0.25) is 0 Å². The molecule has 1 heterocycles. The first-order valence-corrected chi connectivity index (χ1v) is 8.66. The van der Waals surface area contributed by atoms with Crippen LogP contribution in [-0.4, -0.2) is 33.4 Å². The minimum atomic E-state index is -0.120. The summed E-state index contributed by atoms with van der Waals surface area (Å²) in [5, 5.41) is 0.597. The number of hydrogen-bond acceptors (Lipinski definition) is 3. The zero-order chi connectivity index (χ0) is 17.7. The number of fused-ring (bicyclic) bond motifs is 1. The van der Waals surface area contributed by atoms with Crippen molar-refractivity contribution in [2.75, 3.05) is 6.54 Å². The lowest BCUT2D eigenvalue weighted by molar-refractivity contribution is -0.133. The summed E-state index contributed by atoms with van der Waals surface area (Å²) in [5.74, 6) is 1.27. The Morgan fingerprint density at radius 1 is 1.21 bits per heavy atom. The molecule has 5 nitrogen and oxygen atoms in total. The third-order valence-corrected chi connectivity index (χ3v) is 3.97. The van der Waals surface area contributed by atoms with E-state index in [4.69, 9.17) is 0 Å². The Morgan fingerprint density at radius 3 is 2.58 bits per heavy atom. The average molecular weight is 329 g/mol. The SMILES string of the molecule is CC(C)CN(C(=O)CCCc1nc2ccccc2c(=O)[nH]1)C(C)C. The van der Waals surface area contributed by atoms with Crippen LogP contribution in [0.4, 0.5) is 0 Å². The number of carbonyl (C=O) groups excluding carboxylic acids is 1. The number of nitrogens with zero attached hydrogens (tertiary/aromatic N) is 2. The van der Waals surface area contributed by atoms with Crippen LogP contribution < -0.4 is 5.56 Å². The van der Waals surface area contributed by atoms with Crippen molar-refractivity contribution in [3.8, 4) is 0 Å². The normalized spacial score (nSPS) is 11.4. The Morgan fingerprint density at radius 2 is 1.92 bits per heavy atom. The summed E-state index contributed by atoms with van der Waals surface area (Å²) >= 11 is 0. The smallest absolute Gasteiger partial charge is 0.258 e. The Bertz CT molecular complexity index is 750. The standard InChI is InChI=1S/C19H27N3O2/c1-13(2)12-22(14(3)4)18(23)11-7-10-17-20-16-9-6-5-8-15(16)19(24)21-17/h5-6,8-9,13-14H,7,10-12H2,1-4H3,(H,20,21,24). The van der Waals surface area contributed by atoms with Gasteiger partial charge < -0.3 is 9.88 Å². The molecule has 1 N–H and O–H groups in total. The van der Waals surface area contributed by atoms with E-state index in [-0.39, 0.29) is 17.5 Å². The summed E-state index contributed by atoms with van der Waals surface area (Å²) in [6.45, 7) is 9.10. The Kier molecular flexibility index (Phi) is 6.12. The number of aromatic amines is 1. The molecule has 5 heteroatoms. The van der Waals surface area contributed by atoms with Crippen LogP contribution in [-0.2, 0) is 11.2 Å². The summed E-state index contributed by atoms with van der Waals surface area (Å²) in [6, 6.07) is 7.50. The van der Waals surface area contributed by atoms with Crippen LogP contribution >= 0.6 is 0 Å². The fourth-order valence-corrected chi connectivity index (χ4v) is 2.80. The van der Waals surface area contributed by atoms with E-state index in [9.17, 15) is 9.59 Å². The maximum atomic E-state index is 12.4. The van der Waals surface area contributed by atoms with Crippen molar-refractivity contribution in [3.05, 3.63) is 40.4 Å². The van der Waals surface area contributed by atoms with E-state index in [1.807, 2.05) is 36.9 Å². The number of nitrogens with one attached hydrogen (secondary N) is 1. The van der Waals surface area contributed by atoms with Gasteiger partial charge in [0.1, 0.15) is 5.82 Å². The van der Waals surface area contributed by atoms with Gasteiger partial charge in [-0.05, 0) is 38.3 Å². The van der Waals surface area contributed by atoms with Gasteiger partial charge in [-0.15, -0.1) is 0 Å². The van der Waals surface area contributed by atoms with Gasteiger partial charge >= 0.3 is 0 Å². The Hall–Kier alpha value is -2.17. The summed E-state index contributed by atoms with van der Waals surface area (Å²) < 4.78 is 0. The van der Waals surface area contributed by atoms with E-state index in [1.165, 1.54) is 0 Å². The molecular weight excluding hydrogens is 302 g/mol. The highest BCUT2D eigenvalue weighted by molar-refractivity contribution is 5.77. The first kappa shape index (κ1) is 18.2. The molecule has 0 fully saturated rings. The zero-order valence-corrected chi connectivity index (χ0v) is 15.0. The average Bonchev–Trinajstić information content (AvgIpc) is 2.52. The Labute approximate surface area is 143 Å². The number of aromatic nitrogens is 2. The molecule has 2 aromatic rings. The number of H-pyrrole nitrogens is 1. The maximum Gasteiger partial charge on any atom is 0.258 e. The van der Waals surface area contributed by atoms with Crippen molar-refractivity contribution in [2.24, 2.45) is 5.92 Å². The lowest BCUT2D eigenvalue weighted by Gasteiger charge is -2.28. The number of benzene rings is 1. The van der Waals surface area contributed by atoms with Gasteiger partial charge in [-0.25, -0.2) is 4.98 Å². The van der Waals surface area contributed by atoms with Crippen molar-refractivity contribution < 1.29 is 4.79 Å². The van der Waals surface area contributed by atoms with E-state index in [0.717, 1.165) is 6.54 Å². The van der Waals surface area contributed by atoms with Crippen LogP contribution in [0, 0.1) is 5.92 Å². The minimum absolute atomic E-state index is 0.120. The second-order valence-corrected chi connectivity index (χ2v) is 6.92. The van der Waals surface area contributed by atoms with Crippen molar-refractivity contribution in [3.63, 3.8) is 0 Å². The predicted molar refractivity (Wildman–Crippen MR) is 97.0 cm³/mol. The lowest BCUT2D eigenvalue weighted by atomic mass is 10.1. The summed E-state index contributed by atoms with van der Waals surface area (Å²) in [5.41, 5.74) is 0.580. The molecule has 0 bridgehead atoms. The van der Waals surface area contributed by atoms with Crippen molar-refractivity contribution in [1.29, 1.82) is 0 Å². The summed E-state index contributed by atoms with van der Waals surface area (Å²) in [6.07, 6.45) is 1.75. The van der Waals surface area contributed by atoms with E-state index >= 15 is 0 Å². The van der Waals surface area contributed by atoms with Gasteiger partial charge in [0.05, 0.1) is 10.9 Å². The zero-order valence-electron chi connectivity index (χ0n) is 15.0. The van der Waals surface area contributed by atoms with Gasteiger partial charge in [-0.2, -0.15) is 0 Å². The number of rotatable bonds is 7. The van der Waals surface area contributed by atoms with E-state index in [0.29, 0.717) is 41.9 Å². The third-order valence-electron chi connectivity index (χ3n) is 3.97. The molecule has 0 radical (unpaired) electrons. The van der Waals surface area contributed by atoms with Crippen LogP contribution in [0.1, 0.15) is 46.4 Å². The Balaban J connectivity index is 1.98. The molecule has 0 unspecified atom stereocenters. The minimum Gasteiger partial charge on any atom is -0.340 e. The molecule has 0 aliphatic heterocycles. The number of aryl methyl sites for hydroxylation is 1. The third kappa shape index (κ3) is 4.66. The van der Waals surface area contributed by atoms with E-state index in [1.54, 1.807) is 6.07 Å². The maximum absolute atomic E-state index is 12.4. The van der Waals surface area contributed by atoms with Gasteiger partial charge in [0.15, 0.2) is 0 Å². The van der Waals surface area contributed by atoms with Gasteiger partial charge in [0, 0.05) is 25.4 Å². The summed E-state index contributed by atoms with van der Waals surface area (Å²) in [7, 11) is 0. The number of carbonyl (C=O) groups is 1. The van der Waals surface area contributed by atoms with Gasteiger partial charge in [-0.1, -0.05) is 26.0 Å². The molecule has 0 aliphatic carbocycles.